The van der Waals surface area contributed by atoms with Crippen LogP contribution in [0.5, 0.6) is 0 Å². The Bertz CT molecular complexity index is 742. The number of hydrogen-bond donors (Lipinski definition) is 2. The van der Waals surface area contributed by atoms with Gasteiger partial charge in [0.15, 0.2) is 0 Å². The Morgan fingerprint density at radius 2 is 2.00 bits per heavy atom. The van der Waals surface area contributed by atoms with E-state index in [0.29, 0.717) is 10.2 Å². The molecule has 0 aliphatic carbocycles. The maximum atomic E-state index is 12.4. The molecule has 1 amide bonds. The first-order chi connectivity index (χ1) is 10.7. The maximum Gasteiger partial charge on any atom is 0.471 e. The highest BCUT2D eigenvalue weighted by atomic mass is 79.9. The summed E-state index contributed by atoms with van der Waals surface area (Å²) in [6.45, 7) is 0. The zero-order valence-corrected chi connectivity index (χ0v) is 13.4. The standard InChI is InChI=1S/C14H12BrF3N2O3/c1-23-12(21)10(20-13(22)14(16,17)18)6-8-7-4-2-3-5-9(7)19-11(8)15/h2-5,10,19H,6H2,1H3,(H,20,22)/t10-/m0/s1. The normalized spacial score (nSPS) is 12.9. The number of carbonyl (C=O) groups is 2. The van der Waals surface area contributed by atoms with Crippen molar-refractivity contribution in [3.63, 3.8) is 0 Å². The predicted octanol–water partition coefficient (Wildman–Crippen LogP) is 2.69. The largest absolute Gasteiger partial charge is 0.471 e. The zero-order valence-electron chi connectivity index (χ0n) is 11.8. The summed E-state index contributed by atoms with van der Waals surface area (Å²) < 4.78 is 42.2. The Labute approximate surface area is 137 Å². The molecule has 1 aromatic heterocycles. The molecule has 2 rings (SSSR count). The van der Waals surface area contributed by atoms with Gasteiger partial charge in [0.25, 0.3) is 0 Å². The molecule has 0 aliphatic rings. The van der Waals surface area contributed by atoms with Gasteiger partial charge >= 0.3 is 18.1 Å². The second kappa shape index (κ2) is 6.61. The summed E-state index contributed by atoms with van der Waals surface area (Å²) in [6, 6.07) is 5.63. The van der Waals surface area contributed by atoms with E-state index in [-0.39, 0.29) is 6.42 Å². The number of nitrogens with one attached hydrogen (secondary N) is 2. The summed E-state index contributed by atoms with van der Waals surface area (Å²) >= 11 is 3.27. The van der Waals surface area contributed by atoms with Gasteiger partial charge in [-0.05, 0) is 27.6 Å². The lowest BCUT2D eigenvalue weighted by atomic mass is 10.0. The number of carbonyl (C=O) groups excluding carboxylic acids is 2. The van der Waals surface area contributed by atoms with E-state index in [2.05, 4.69) is 25.7 Å². The molecular weight excluding hydrogens is 381 g/mol. The highest BCUT2D eigenvalue weighted by Crippen LogP contribution is 2.28. The second-order valence-electron chi connectivity index (χ2n) is 4.71. The third-order valence-electron chi connectivity index (χ3n) is 3.22. The van der Waals surface area contributed by atoms with E-state index in [9.17, 15) is 22.8 Å². The first-order valence-corrected chi connectivity index (χ1v) is 7.24. The first kappa shape index (κ1) is 17.3. The van der Waals surface area contributed by atoms with E-state index in [1.54, 1.807) is 29.6 Å². The molecule has 0 radical (unpaired) electrons. The number of H-pyrrole nitrogens is 1. The van der Waals surface area contributed by atoms with Crippen LogP contribution in [0.4, 0.5) is 13.2 Å². The van der Waals surface area contributed by atoms with Gasteiger partial charge in [0.2, 0.25) is 0 Å². The number of para-hydroxylation sites is 1. The van der Waals surface area contributed by atoms with Crippen LogP contribution >= 0.6 is 15.9 Å². The Kier molecular flexibility index (Phi) is 4.98. The zero-order chi connectivity index (χ0) is 17.2. The van der Waals surface area contributed by atoms with Gasteiger partial charge in [-0.1, -0.05) is 18.2 Å². The van der Waals surface area contributed by atoms with Gasteiger partial charge in [-0.2, -0.15) is 13.2 Å². The number of aromatic amines is 1. The SMILES string of the molecule is COC(=O)[C@H](Cc1c(Br)[nH]c2ccccc12)NC(=O)C(F)(F)F. The molecule has 0 unspecified atom stereocenters. The molecule has 0 fully saturated rings. The summed E-state index contributed by atoms with van der Waals surface area (Å²) in [5, 5.41) is 2.40. The Hall–Kier alpha value is -2.03. The van der Waals surface area contributed by atoms with Crippen molar-refractivity contribution in [1.82, 2.24) is 10.3 Å². The maximum absolute atomic E-state index is 12.4. The number of rotatable bonds is 4. The second-order valence-corrected chi connectivity index (χ2v) is 5.51. The average molecular weight is 393 g/mol. The van der Waals surface area contributed by atoms with Crippen molar-refractivity contribution in [2.75, 3.05) is 7.11 Å². The minimum absolute atomic E-state index is 0.154. The van der Waals surface area contributed by atoms with Crippen molar-refractivity contribution in [3.8, 4) is 0 Å². The van der Waals surface area contributed by atoms with E-state index in [1.165, 1.54) is 0 Å². The average Bonchev–Trinajstić information content (AvgIpc) is 2.80. The number of esters is 1. The van der Waals surface area contributed by atoms with Crippen LogP contribution in [0, 0.1) is 0 Å². The van der Waals surface area contributed by atoms with Crippen LogP contribution in [0.2, 0.25) is 0 Å². The fraction of sp³-hybridized carbons (Fsp3) is 0.286. The summed E-state index contributed by atoms with van der Waals surface area (Å²) in [7, 11) is 1.04. The van der Waals surface area contributed by atoms with E-state index < -0.39 is 24.1 Å². The van der Waals surface area contributed by atoms with Crippen LogP contribution in [-0.4, -0.2) is 36.2 Å². The third-order valence-corrected chi connectivity index (χ3v) is 3.90. The van der Waals surface area contributed by atoms with Crippen LogP contribution in [0.3, 0.4) is 0 Å². The highest BCUT2D eigenvalue weighted by Gasteiger charge is 2.41. The Morgan fingerprint density at radius 1 is 1.35 bits per heavy atom. The van der Waals surface area contributed by atoms with Crippen LogP contribution < -0.4 is 5.32 Å². The molecule has 0 saturated carbocycles. The topological polar surface area (TPSA) is 71.2 Å². The molecule has 124 valence electrons. The molecule has 1 heterocycles. The van der Waals surface area contributed by atoms with Crippen molar-refractivity contribution in [1.29, 1.82) is 0 Å². The number of fused-ring (bicyclic) bond motifs is 1. The van der Waals surface area contributed by atoms with E-state index in [0.717, 1.165) is 18.0 Å². The number of ether oxygens (including phenoxy) is 1. The molecular formula is C14H12BrF3N2O3. The van der Waals surface area contributed by atoms with Crippen LogP contribution in [0.15, 0.2) is 28.9 Å². The van der Waals surface area contributed by atoms with Crippen molar-refractivity contribution in [3.05, 3.63) is 34.4 Å². The molecule has 0 bridgehead atoms. The number of benzene rings is 1. The fourth-order valence-corrected chi connectivity index (χ4v) is 2.74. The highest BCUT2D eigenvalue weighted by molar-refractivity contribution is 9.10. The summed E-state index contributed by atoms with van der Waals surface area (Å²) in [5.74, 6) is -3.15. The van der Waals surface area contributed by atoms with Crippen molar-refractivity contribution in [2.24, 2.45) is 0 Å². The molecule has 23 heavy (non-hydrogen) atoms. The van der Waals surface area contributed by atoms with Crippen LogP contribution in [0.25, 0.3) is 10.9 Å². The lowest BCUT2D eigenvalue weighted by molar-refractivity contribution is -0.175. The molecule has 5 nitrogen and oxygen atoms in total. The molecule has 0 spiro atoms. The summed E-state index contributed by atoms with van der Waals surface area (Å²) in [5.41, 5.74) is 1.32. The van der Waals surface area contributed by atoms with Crippen molar-refractivity contribution < 1.29 is 27.5 Å². The van der Waals surface area contributed by atoms with E-state index in [4.69, 9.17) is 0 Å². The lowest BCUT2D eigenvalue weighted by Crippen LogP contribution is -2.48. The number of amides is 1. The summed E-state index contributed by atoms with van der Waals surface area (Å²) in [4.78, 5) is 25.8. The fourth-order valence-electron chi connectivity index (χ4n) is 2.15. The predicted molar refractivity (Wildman–Crippen MR) is 79.7 cm³/mol. The number of halogens is 4. The quantitative estimate of drug-likeness (QED) is 0.785. The van der Waals surface area contributed by atoms with E-state index in [1.807, 2.05) is 0 Å². The number of aromatic nitrogens is 1. The monoisotopic (exact) mass is 392 g/mol. The number of hydrogen-bond acceptors (Lipinski definition) is 3. The van der Waals surface area contributed by atoms with E-state index >= 15 is 0 Å². The Morgan fingerprint density at radius 3 is 2.61 bits per heavy atom. The molecule has 1 atom stereocenters. The third kappa shape index (κ3) is 3.84. The van der Waals surface area contributed by atoms with Crippen molar-refractivity contribution in [2.45, 2.75) is 18.6 Å². The molecule has 0 saturated heterocycles. The minimum Gasteiger partial charge on any atom is -0.467 e. The van der Waals surface area contributed by atoms with Gasteiger partial charge in [-0.3, -0.25) is 4.79 Å². The number of alkyl halides is 3. The number of methoxy groups -OCH3 is 1. The molecule has 0 aliphatic heterocycles. The molecule has 2 aromatic rings. The van der Waals surface area contributed by atoms with Gasteiger partial charge in [-0.15, -0.1) is 0 Å². The lowest BCUT2D eigenvalue weighted by Gasteiger charge is -2.17. The molecule has 1 aromatic carbocycles. The van der Waals surface area contributed by atoms with Crippen molar-refractivity contribution >= 4 is 38.7 Å². The minimum atomic E-state index is -5.08. The van der Waals surface area contributed by atoms with Crippen LogP contribution in [-0.2, 0) is 20.7 Å². The Balaban J connectivity index is 2.32. The first-order valence-electron chi connectivity index (χ1n) is 6.44. The van der Waals surface area contributed by atoms with Gasteiger partial charge in [0.1, 0.15) is 6.04 Å². The van der Waals surface area contributed by atoms with Gasteiger partial charge < -0.3 is 15.0 Å². The smallest absolute Gasteiger partial charge is 0.467 e. The molecule has 9 heteroatoms. The van der Waals surface area contributed by atoms with Gasteiger partial charge in [0.05, 0.1) is 11.7 Å². The van der Waals surface area contributed by atoms with Gasteiger partial charge in [0, 0.05) is 17.3 Å². The summed E-state index contributed by atoms with van der Waals surface area (Å²) in [6.07, 6.45) is -5.23. The molecule has 2 N–H and O–H groups in total. The van der Waals surface area contributed by atoms with Gasteiger partial charge in [-0.25, -0.2) is 4.79 Å². The van der Waals surface area contributed by atoms with Crippen LogP contribution in [0.1, 0.15) is 5.56 Å².